The van der Waals surface area contributed by atoms with Gasteiger partial charge in [0.15, 0.2) is 0 Å². The van der Waals surface area contributed by atoms with E-state index in [1.54, 1.807) is 0 Å². The molecule has 7 N–H and O–H groups in total. The lowest BCUT2D eigenvalue weighted by Crippen LogP contribution is -2.56. The van der Waals surface area contributed by atoms with Crippen LogP contribution in [0.15, 0.2) is 12.5 Å². The molecule has 0 fully saturated rings. The number of nitrogens with zero attached hydrogens (tertiary/aromatic N) is 1. The van der Waals surface area contributed by atoms with E-state index in [4.69, 9.17) is 5.73 Å². The highest BCUT2D eigenvalue weighted by Gasteiger charge is 2.30. The van der Waals surface area contributed by atoms with Crippen molar-refractivity contribution in [2.45, 2.75) is 65.1 Å². The Morgan fingerprint density at radius 3 is 2.26 bits per heavy atom. The third-order valence-corrected chi connectivity index (χ3v) is 5.39. The molecule has 11 nitrogen and oxygen atoms in total. The van der Waals surface area contributed by atoms with E-state index in [-0.39, 0.29) is 18.3 Å². The predicted octanol–water partition coefficient (Wildman–Crippen LogP) is -0.458. The van der Waals surface area contributed by atoms with Gasteiger partial charge in [0, 0.05) is 18.3 Å². The summed E-state index contributed by atoms with van der Waals surface area (Å²) < 4.78 is 0. The van der Waals surface area contributed by atoms with Crippen LogP contribution in [0.3, 0.4) is 0 Å². The van der Waals surface area contributed by atoms with Crippen LogP contribution in [0.1, 0.15) is 46.2 Å². The fourth-order valence-corrected chi connectivity index (χ4v) is 2.80. The molecule has 0 saturated carbocycles. The standard InChI is InChI=1S/C20H34N6O5/c1-5-11(3)16(21)18(28)26-17(12(4)6-2)19(29)23-9-15(27)25-14(20(30)31)7-13-8-22-10-24-13/h8,10-12,14,16-17H,5-7,9,21H2,1-4H3,(H,22,24)(H,23,29)(H,25,27)(H,26,28)(H,30,31). The van der Waals surface area contributed by atoms with E-state index in [1.807, 2.05) is 27.7 Å². The Morgan fingerprint density at radius 1 is 1.10 bits per heavy atom. The molecule has 0 bridgehead atoms. The number of hydrogen-bond acceptors (Lipinski definition) is 6. The first-order valence-corrected chi connectivity index (χ1v) is 10.4. The molecule has 31 heavy (non-hydrogen) atoms. The highest BCUT2D eigenvalue weighted by atomic mass is 16.4. The van der Waals surface area contributed by atoms with Crippen molar-refractivity contribution < 1.29 is 24.3 Å². The van der Waals surface area contributed by atoms with E-state index in [9.17, 15) is 24.3 Å². The number of rotatable bonds is 13. The molecule has 1 aromatic heterocycles. The fraction of sp³-hybridized carbons (Fsp3) is 0.650. The molecule has 11 heteroatoms. The molecule has 5 unspecified atom stereocenters. The number of carbonyl (C=O) groups excluding carboxylic acids is 3. The Labute approximate surface area is 181 Å². The van der Waals surface area contributed by atoms with Crippen LogP contribution in [0.25, 0.3) is 0 Å². The summed E-state index contributed by atoms with van der Waals surface area (Å²) in [5, 5.41) is 16.8. The average Bonchev–Trinajstić information content (AvgIpc) is 3.26. The Balaban J connectivity index is 2.68. The zero-order valence-corrected chi connectivity index (χ0v) is 18.5. The van der Waals surface area contributed by atoms with E-state index in [0.717, 1.165) is 6.42 Å². The summed E-state index contributed by atoms with van der Waals surface area (Å²) in [6, 6.07) is -2.78. The monoisotopic (exact) mass is 438 g/mol. The number of aliphatic carboxylic acids is 1. The van der Waals surface area contributed by atoms with Crippen LogP contribution < -0.4 is 21.7 Å². The van der Waals surface area contributed by atoms with Crippen LogP contribution in [0, 0.1) is 11.8 Å². The van der Waals surface area contributed by atoms with Crippen molar-refractivity contribution in [2.75, 3.05) is 6.54 Å². The SMILES string of the molecule is CCC(C)C(N)C(=O)NC(C(=O)NCC(=O)NC(Cc1cnc[nH]1)C(=O)O)C(C)CC. The lowest BCUT2D eigenvalue weighted by molar-refractivity contribution is -0.141. The maximum Gasteiger partial charge on any atom is 0.326 e. The molecule has 1 aromatic rings. The van der Waals surface area contributed by atoms with Crippen LogP contribution in [0.2, 0.25) is 0 Å². The molecule has 174 valence electrons. The Morgan fingerprint density at radius 2 is 1.74 bits per heavy atom. The summed E-state index contributed by atoms with van der Waals surface area (Å²) in [5.41, 5.74) is 6.50. The number of aromatic amines is 1. The normalized spacial score (nSPS) is 15.8. The molecule has 0 aliphatic carbocycles. The number of carbonyl (C=O) groups is 4. The molecule has 1 rings (SSSR count). The summed E-state index contributed by atoms with van der Waals surface area (Å²) in [4.78, 5) is 55.2. The van der Waals surface area contributed by atoms with E-state index >= 15 is 0 Å². The first-order chi connectivity index (χ1) is 14.6. The van der Waals surface area contributed by atoms with Crippen molar-refractivity contribution in [1.82, 2.24) is 25.9 Å². The summed E-state index contributed by atoms with van der Waals surface area (Å²) in [6.45, 7) is 7.04. The molecular formula is C20H34N6O5. The molecular weight excluding hydrogens is 404 g/mol. The molecule has 3 amide bonds. The van der Waals surface area contributed by atoms with Gasteiger partial charge in [0.2, 0.25) is 17.7 Å². The second-order valence-corrected chi connectivity index (χ2v) is 7.74. The van der Waals surface area contributed by atoms with Gasteiger partial charge in [-0.1, -0.05) is 40.5 Å². The molecule has 0 aliphatic heterocycles. The minimum absolute atomic E-state index is 0.0219. The van der Waals surface area contributed by atoms with Gasteiger partial charge in [0.25, 0.3) is 0 Å². The number of hydrogen-bond donors (Lipinski definition) is 6. The van der Waals surface area contributed by atoms with Gasteiger partial charge in [0.05, 0.1) is 18.9 Å². The summed E-state index contributed by atoms with van der Waals surface area (Å²) in [6.07, 6.45) is 4.24. The van der Waals surface area contributed by atoms with Crippen molar-refractivity contribution >= 4 is 23.7 Å². The largest absolute Gasteiger partial charge is 0.480 e. The number of nitrogens with two attached hydrogens (primary N) is 1. The summed E-state index contributed by atoms with van der Waals surface area (Å²) in [7, 11) is 0. The van der Waals surface area contributed by atoms with Crippen LogP contribution in [-0.4, -0.2) is 63.4 Å². The Bertz CT molecular complexity index is 738. The molecule has 0 aliphatic rings. The van der Waals surface area contributed by atoms with Crippen molar-refractivity contribution in [3.05, 3.63) is 18.2 Å². The topological polar surface area (TPSA) is 179 Å². The number of amides is 3. The number of aromatic nitrogens is 2. The zero-order chi connectivity index (χ0) is 23.6. The molecule has 0 saturated heterocycles. The molecule has 5 atom stereocenters. The van der Waals surface area contributed by atoms with Crippen LogP contribution in [0.4, 0.5) is 0 Å². The van der Waals surface area contributed by atoms with E-state index in [2.05, 4.69) is 25.9 Å². The smallest absolute Gasteiger partial charge is 0.326 e. The van der Waals surface area contributed by atoms with Gasteiger partial charge in [-0.15, -0.1) is 0 Å². The average molecular weight is 439 g/mol. The van der Waals surface area contributed by atoms with Crippen molar-refractivity contribution in [3.8, 4) is 0 Å². The minimum atomic E-state index is -1.21. The predicted molar refractivity (Wildman–Crippen MR) is 114 cm³/mol. The second-order valence-electron chi connectivity index (χ2n) is 7.74. The number of imidazole rings is 1. The first-order valence-electron chi connectivity index (χ1n) is 10.4. The third-order valence-electron chi connectivity index (χ3n) is 5.39. The number of H-pyrrole nitrogens is 1. The molecule has 0 aromatic carbocycles. The first kappa shape index (κ1) is 26.1. The maximum atomic E-state index is 12.6. The van der Waals surface area contributed by atoms with Gasteiger partial charge in [0.1, 0.15) is 12.1 Å². The number of carboxylic acid groups (broad SMARTS) is 1. The minimum Gasteiger partial charge on any atom is -0.480 e. The number of nitrogens with one attached hydrogen (secondary N) is 4. The summed E-state index contributed by atoms with van der Waals surface area (Å²) >= 11 is 0. The van der Waals surface area contributed by atoms with Gasteiger partial charge in [-0.25, -0.2) is 9.78 Å². The fourth-order valence-electron chi connectivity index (χ4n) is 2.80. The second kappa shape index (κ2) is 12.7. The lowest BCUT2D eigenvalue weighted by atomic mass is 9.95. The highest BCUT2D eigenvalue weighted by Crippen LogP contribution is 2.10. The van der Waals surface area contributed by atoms with Crippen LogP contribution >= 0.6 is 0 Å². The van der Waals surface area contributed by atoms with Crippen molar-refractivity contribution in [1.29, 1.82) is 0 Å². The van der Waals surface area contributed by atoms with E-state index in [1.165, 1.54) is 12.5 Å². The van der Waals surface area contributed by atoms with Gasteiger partial charge in [-0.2, -0.15) is 0 Å². The number of carboxylic acids is 1. The van der Waals surface area contributed by atoms with E-state index in [0.29, 0.717) is 12.1 Å². The third kappa shape index (κ3) is 8.36. The van der Waals surface area contributed by atoms with Gasteiger partial charge in [-0.05, 0) is 11.8 Å². The molecule has 0 radical (unpaired) electrons. The lowest BCUT2D eigenvalue weighted by Gasteiger charge is -2.26. The highest BCUT2D eigenvalue weighted by molar-refractivity contribution is 5.92. The van der Waals surface area contributed by atoms with Gasteiger partial charge in [-0.3, -0.25) is 14.4 Å². The molecule has 1 heterocycles. The van der Waals surface area contributed by atoms with Crippen LogP contribution in [0.5, 0.6) is 0 Å². The van der Waals surface area contributed by atoms with Gasteiger partial charge < -0.3 is 31.8 Å². The summed E-state index contributed by atoms with van der Waals surface area (Å²) in [5.74, 6) is -3.07. The maximum absolute atomic E-state index is 12.6. The quantitative estimate of drug-likeness (QED) is 0.241. The van der Waals surface area contributed by atoms with Crippen molar-refractivity contribution in [2.24, 2.45) is 17.6 Å². The van der Waals surface area contributed by atoms with Crippen molar-refractivity contribution in [3.63, 3.8) is 0 Å². The van der Waals surface area contributed by atoms with E-state index < -0.39 is 48.4 Å². The Kier molecular flexibility index (Phi) is 10.7. The molecule has 0 spiro atoms. The Hall–Kier alpha value is -2.95. The van der Waals surface area contributed by atoms with Crippen LogP contribution in [-0.2, 0) is 25.6 Å². The van der Waals surface area contributed by atoms with Gasteiger partial charge >= 0.3 is 5.97 Å². The zero-order valence-electron chi connectivity index (χ0n) is 18.5.